The van der Waals surface area contributed by atoms with E-state index in [9.17, 15) is 4.79 Å². The molecular formula is C21H31N2O3S+. The van der Waals surface area contributed by atoms with E-state index in [0.717, 1.165) is 36.4 Å². The second-order valence-electron chi connectivity index (χ2n) is 6.55. The number of hydrogen-bond acceptors (Lipinski definition) is 4. The van der Waals surface area contributed by atoms with Crippen LogP contribution in [0.4, 0.5) is 0 Å². The molecule has 0 aliphatic rings. The third kappa shape index (κ3) is 6.56. The van der Waals surface area contributed by atoms with Gasteiger partial charge >= 0.3 is 0 Å². The van der Waals surface area contributed by atoms with Crippen LogP contribution in [0.25, 0.3) is 0 Å². The zero-order valence-electron chi connectivity index (χ0n) is 16.8. The predicted molar refractivity (Wildman–Crippen MR) is 110 cm³/mol. The number of aryl methyl sites for hydroxylation is 1. The van der Waals surface area contributed by atoms with Gasteiger partial charge in [-0.15, -0.1) is 11.3 Å². The highest BCUT2D eigenvalue weighted by molar-refractivity contribution is 7.11. The zero-order valence-corrected chi connectivity index (χ0v) is 17.6. The molecule has 1 aromatic heterocycles. The van der Waals surface area contributed by atoms with Gasteiger partial charge in [-0.25, -0.2) is 0 Å². The molecule has 0 spiro atoms. The van der Waals surface area contributed by atoms with E-state index in [0.29, 0.717) is 19.6 Å². The van der Waals surface area contributed by atoms with Gasteiger partial charge in [0, 0.05) is 16.3 Å². The van der Waals surface area contributed by atoms with E-state index in [-0.39, 0.29) is 5.91 Å². The fraction of sp³-hybridized carbons (Fsp3) is 0.476. The monoisotopic (exact) mass is 391 g/mol. The van der Waals surface area contributed by atoms with Gasteiger partial charge in [0.05, 0.1) is 27.3 Å². The van der Waals surface area contributed by atoms with Crippen LogP contribution < -0.4 is 14.8 Å². The summed E-state index contributed by atoms with van der Waals surface area (Å²) in [4.78, 5) is 17.2. The molecule has 0 aliphatic carbocycles. The Morgan fingerprint density at radius 2 is 1.93 bits per heavy atom. The molecule has 0 aliphatic heterocycles. The number of ether oxygens (including phenoxy) is 2. The van der Waals surface area contributed by atoms with Crippen molar-refractivity contribution in [1.29, 1.82) is 0 Å². The van der Waals surface area contributed by atoms with E-state index < -0.39 is 0 Å². The Hall–Kier alpha value is -2.05. The van der Waals surface area contributed by atoms with Crippen molar-refractivity contribution in [2.45, 2.75) is 33.2 Å². The number of methoxy groups -OCH3 is 2. The largest absolute Gasteiger partial charge is 0.493 e. The standard InChI is InChI=1S/C21H30N2O3S/c1-5-11-22-14-21(24)23(15-18-8-6-16(2)27-18)12-10-17-7-9-19(25-3)20(13-17)26-4/h6-9,13,22H,5,10-12,14-15H2,1-4H3/p+1. The summed E-state index contributed by atoms with van der Waals surface area (Å²) < 4.78 is 10.7. The van der Waals surface area contributed by atoms with E-state index in [1.54, 1.807) is 25.6 Å². The molecule has 6 heteroatoms. The maximum atomic E-state index is 12.7. The smallest absolute Gasteiger partial charge is 0.278 e. The van der Waals surface area contributed by atoms with Crippen molar-refractivity contribution < 1.29 is 19.6 Å². The number of quaternary nitrogens is 1. The number of rotatable bonds is 11. The molecule has 148 valence electrons. The molecule has 5 nitrogen and oxygen atoms in total. The molecule has 2 aromatic rings. The van der Waals surface area contributed by atoms with Crippen LogP contribution in [0, 0.1) is 6.92 Å². The lowest BCUT2D eigenvalue weighted by atomic mass is 10.1. The molecule has 0 saturated carbocycles. The topological polar surface area (TPSA) is 55.4 Å². The summed E-state index contributed by atoms with van der Waals surface area (Å²) in [6.07, 6.45) is 1.85. The molecule has 27 heavy (non-hydrogen) atoms. The third-order valence-electron chi connectivity index (χ3n) is 4.43. The Morgan fingerprint density at radius 3 is 2.56 bits per heavy atom. The number of hydrogen-bond donors (Lipinski definition) is 1. The van der Waals surface area contributed by atoms with Crippen molar-refractivity contribution in [3.05, 3.63) is 45.6 Å². The average molecular weight is 392 g/mol. The second-order valence-corrected chi connectivity index (χ2v) is 7.92. The Morgan fingerprint density at radius 1 is 1.15 bits per heavy atom. The molecule has 0 fully saturated rings. The molecule has 1 heterocycles. The minimum Gasteiger partial charge on any atom is -0.493 e. The van der Waals surface area contributed by atoms with Crippen LogP contribution in [0.5, 0.6) is 11.5 Å². The number of nitrogens with zero attached hydrogens (tertiary/aromatic N) is 1. The van der Waals surface area contributed by atoms with Gasteiger partial charge in [0.25, 0.3) is 5.91 Å². The van der Waals surface area contributed by atoms with E-state index >= 15 is 0 Å². The molecule has 2 rings (SSSR count). The number of nitrogens with two attached hydrogens (primary N) is 1. The Kier molecular flexibility index (Phi) is 8.61. The number of amides is 1. The Labute approximate surface area is 166 Å². The van der Waals surface area contributed by atoms with Gasteiger partial charge in [0.1, 0.15) is 0 Å². The molecular weight excluding hydrogens is 360 g/mol. The molecule has 1 aromatic carbocycles. The Balaban J connectivity index is 2.05. The van der Waals surface area contributed by atoms with E-state index in [1.165, 1.54) is 9.75 Å². The summed E-state index contributed by atoms with van der Waals surface area (Å²) in [6.45, 7) is 7.07. The van der Waals surface area contributed by atoms with Crippen molar-refractivity contribution in [3.8, 4) is 11.5 Å². The lowest BCUT2D eigenvalue weighted by Gasteiger charge is -2.22. The third-order valence-corrected chi connectivity index (χ3v) is 5.41. The number of carbonyl (C=O) groups is 1. The van der Waals surface area contributed by atoms with Crippen LogP contribution in [0.3, 0.4) is 0 Å². The van der Waals surface area contributed by atoms with Gasteiger partial charge in [0.15, 0.2) is 18.0 Å². The summed E-state index contributed by atoms with van der Waals surface area (Å²) in [7, 11) is 3.27. The first-order valence-corrected chi connectivity index (χ1v) is 10.2. The second kappa shape index (κ2) is 10.9. The lowest BCUT2D eigenvalue weighted by Crippen LogP contribution is -2.86. The van der Waals surface area contributed by atoms with Crippen LogP contribution in [0.15, 0.2) is 30.3 Å². The first kappa shape index (κ1) is 21.3. The highest BCUT2D eigenvalue weighted by Gasteiger charge is 2.17. The van der Waals surface area contributed by atoms with E-state index in [1.807, 2.05) is 23.1 Å². The van der Waals surface area contributed by atoms with Crippen LogP contribution in [-0.2, 0) is 17.8 Å². The minimum atomic E-state index is 0.190. The van der Waals surface area contributed by atoms with E-state index in [2.05, 4.69) is 31.3 Å². The van der Waals surface area contributed by atoms with Gasteiger partial charge in [-0.3, -0.25) is 4.79 Å². The van der Waals surface area contributed by atoms with Crippen LogP contribution in [0.2, 0.25) is 0 Å². The lowest BCUT2D eigenvalue weighted by molar-refractivity contribution is -0.644. The van der Waals surface area contributed by atoms with Crippen molar-refractivity contribution in [2.75, 3.05) is 33.9 Å². The fourth-order valence-corrected chi connectivity index (χ4v) is 3.82. The van der Waals surface area contributed by atoms with Crippen molar-refractivity contribution in [3.63, 3.8) is 0 Å². The summed E-state index contributed by atoms with van der Waals surface area (Å²) >= 11 is 1.75. The SMILES string of the molecule is CCC[NH2+]CC(=O)N(CCc1ccc(OC)c(OC)c1)Cc1ccc(C)s1. The van der Waals surface area contributed by atoms with Gasteiger partial charge in [0.2, 0.25) is 0 Å². The first-order chi connectivity index (χ1) is 13.1. The Bertz CT molecular complexity index is 730. The summed E-state index contributed by atoms with van der Waals surface area (Å²) in [5, 5.41) is 2.09. The summed E-state index contributed by atoms with van der Waals surface area (Å²) in [5.74, 6) is 1.63. The van der Waals surface area contributed by atoms with Crippen molar-refractivity contribution in [1.82, 2.24) is 4.90 Å². The quantitative estimate of drug-likeness (QED) is 0.599. The molecule has 1 amide bonds. The number of carbonyl (C=O) groups excluding carboxylic acids is 1. The summed E-state index contributed by atoms with van der Waals surface area (Å²) in [6, 6.07) is 10.2. The number of benzene rings is 1. The molecule has 0 atom stereocenters. The van der Waals surface area contributed by atoms with Crippen molar-refractivity contribution >= 4 is 17.2 Å². The zero-order chi connectivity index (χ0) is 19.6. The predicted octanol–water partition coefficient (Wildman–Crippen LogP) is 2.62. The van der Waals surface area contributed by atoms with Gasteiger partial charge in [-0.2, -0.15) is 0 Å². The van der Waals surface area contributed by atoms with Gasteiger partial charge in [-0.1, -0.05) is 13.0 Å². The van der Waals surface area contributed by atoms with Crippen LogP contribution in [0.1, 0.15) is 28.7 Å². The maximum Gasteiger partial charge on any atom is 0.278 e. The maximum absolute atomic E-state index is 12.7. The average Bonchev–Trinajstić information content (AvgIpc) is 3.09. The van der Waals surface area contributed by atoms with Crippen molar-refractivity contribution in [2.24, 2.45) is 0 Å². The number of thiophene rings is 1. The van der Waals surface area contributed by atoms with Gasteiger partial charge < -0.3 is 19.7 Å². The molecule has 0 saturated heterocycles. The van der Waals surface area contributed by atoms with Crippen LogP contribution >= 0.6 is 11.3 Å². The normalized spacial score (nSPS) is 10.7. The summed E-state index contributed by atoms with van der Waals surface area (Å²) in [5.41, 5.74) is 1.13. The molecule has 0 radical (unpaired) electrons. The van der Waals surface area contributed by atoms with Crippen LogP contribution in [-0.4, -0.2) is 44.7 Å². The van der Waals surface area contributed by atoms with Gasteiger partial charge in [-0.05, 0) is 49.6 Å². The van der Waals surface area contributed by atoms with E-state index in [4.69, 9.17) is 9.47 Å². The molecule has 0 unspecified atom stereocenters. The highest BCUT2D eigenvalue weighted by atomic mass is 32.1. The highest BCUT2D eigenvalue weighted by Crippen LogP contribution is 2.28. The molecule has 2 N–H and O–H groups in total. The minimum absolute atomic E-state index is 0.190. The molecule has 0 bridgehead atoms. The first-order valence-electron chi connectivity index (χ1n) is 9.43. The fourth-order valence-electron chi connectivity index (χ4n) is 2.91.